The van der Waals surface area contributed by atoms with Gasteiger partial charge in [0.1, 0.15) is 0 Å². The standard InChI is InChI=1S/C16H24N2.ClH/c17-10-14-2-1-9-18(12-14)11-13-3-5-15(6-4-13)16-7-8-16;/h3-6,14,16H,1-2,7-12,17H2;1H. The average molecular weight is 281 g/mol. The van der Waals surface area contributed by atoms with Gasteiger partial charge >= 0.3 is 0 Å². The summed E-state index contributed by atoms with van der Waals surface area (Å²) >= 11 is 0. The largest absolute Gasteiger partial charge is 0.330 e. The molecule has 1 saturated carbocycles. The Bertz CT molecular complexity index is 386. The molecule has 0 aromatic heterocycles. The lowest BCUT2D eigenvalue weighted by Crippen LogP contribution is -2.37. The predicted octanol–water partition coefficient (Wildman–Crippen LogP) is 3.16. The van der Waals surface area contributed by atoms with Crippen LogP contribution in [0.25, 0.3) is 0 Å². The third-order valence-corrected chi connectivity index (χ3v) is 4.37. The second kappa shape index (κ2) is 6.74. The fourth-order valence-electron chi connectivity index (χ4n) is 3.06. The molecule has 19 heavy (non-hydrogen) atoms. The van der Waals surface area contributed by atoms with E-state index in [0.29, 0.717) is 5.92 Å². The van der Waals surface area contributed by atoms with Crippen molar-refractivity contribution in [2.24, 2.45) is 11.7 Å². The quantitative estimate of drug-likeness (QED) is 0.918. The monoisotopic (exact) mass is 280 g/mol. The molecular weight excluding hydrogens is 256 g/mol. The summed E-state index contributed by atoms with van der Waals surface area (Å²) in [6.45, 7) is 4.36. The van der Waals surface area contributed by atoms with Gasteiger partial charge in [0.05, 0.1) is 0 Å². The summed E-state index contributed by atoms with van der Waals surface area (Å²) in [4.78, 5) is 2.56. The van der Waals surface area contributed by atoms with Gasteiger partial charge < -0.3 is 5.73 Å². The normalized spacial score (nSPS) is 23.9. The number of nitrogens with zero attached hydrogens (tertiary/aromatic N) is 1. The second-order valence-corrected chi connectivity index (χ2v) is 5.99. The summed E-state index contributed by atoms with van der Waals surface area (Å²) in [6.07, 6.45) is 5.41. The molecule has 1 aromatic rings. The van der Waals surface area contributed by atoms with Crippen LogP contribution < -0.4 is 5.73 Å². The molecule has 2 nitrogen and oxygen atoms in total. The van der Waals surface area contributed by atoms with Crippen molar-refractivity contribution >= 4 is 12.4 Å². The van der Waals surface area contributed by atoms with E-state index in [1.54, 1.807) is 0 Å². The molecule has 0 amide bonds. The first-order chi connectivity index (χ1) is 8.85. The Balaban J connectivity index is 0.00000133. The van der Waals surface area contributed by atoms with Crippen molar-refractivity contribution < 1.29 is 0 Å². The van der Waals surface area contributed by atoms with E-state index in [1.807, 2.05) is 0 Å². The van der Waals surface area contributed by atoms with E-state index in [1.165, 1.54) is 49.9 Å². The molecule has 0 radical (unpaired) electrons. The molecule has 1 aromatic carbocycles. The van der Waals surface area contributed by atoms with Crippen molar-refractivity contribution in [1.82, 2.24) is 4.90 Å². The highest BCUT2D eigenvalue weighted by molar-refractivity contribution is 5.85. The summed E-state index contributed by atoms with van der Waals surface area (Å²) in [6, 6.07) is 9.30. The highest BCUT2D eigenvalue weighted by atomic mass is 35.5. The minimum Gasteiger partial charge on any atom is -0.330 e. The number of halogens is 1. The molecule has 1 atom stereocenters. The van der Waals surface area contributed by atoms with Crippen LogP contribution in [0.15, 0.2) is 24.3 Å². The van der Waals surface area contributed by atoms with E-state index >= 15 is 0 Å². The van der Waals surface area contributed by atoms with E-state index in [2.05, 4.69) is 29.2 Å². The number of hydrogen-bond acceptors (Lipinski definition) is 2. The smallest absolute Gasteiger partial charge is 0.0233 e. The topological polar surface area (TPSA) is 29.3 Å². The summed E-state index contributed by atoms with van der Waals surface area (Å²) < 4.78 is 0. The zero-order valence-corrected chi connectivity index (χ0v) is 12.4. The maximum absolute atomic E-state index is 5.79. The molecule has 1 aliphatic heterocycles. The van der Waals surface area contributed by atoms with Crippen molar-refractivity contribution in [1.29, 1.82) is 0 Å². The van der Waals surface area contributed by atoms with Crippen molar-refractivity contribution in [3.05, 3.63) is 35.4 Å². The Kier molecular flexibility index (Phi) is 5.26. The highest BCUT2D eigenvalue weighted by Gasteiger charge is 2.23. The molecule has 3 rings (SSSR count). The van der Waals surface area contributed by atoms with Gasteiger partial charge in [0.25, 0.3) is 0 Å². The Morgan fingerprint density at radius 1 is 1.11 bits per heavy atom. The molecule has 1 heterocycles. The van der Waals surface area contributed by atoms with E-state index in [0.717, 1.165) is 19.0 Å². The maximum Gasteiger partial charge on any atom is 0.0233 e. The zero-order valence-electron chi connectivity index (χ0n) is 11.6. The van der Waals surface area contributed by atoms with Crippen molar-refractivity contribution in [2.75, 3.05) is 19.6 Å². The molecule has 1 unspecified atom stereocenters. The highest BCUT2D eigenvalue weighted by Crippen LogP contribution is 2.39. The average Bonchev–Trinajstić information content (AvgIpc) is 3.24. The molecule has 1 aliphatic carbocycles. The fourth-order valence-corrected chi connectivity index (χ4v) is 3.06. The van der Waals surface area contributed by atoms with Crippen molar-refractivity contribution in [3.8, 4) is 0 Å². The first kappa shape index (κ1) is 14.8. The number of rotatable bonds is 4. The lowest BCUT2D eigenvalue weighted by atomic mass is 9.97. The minimum absolute atomic E-state index is 0. The predicted molar refractivity (Wildman–Crippen MR) is 82.7 cm³/mol. The van der Waals surface area contributed by atoms with Crippen LogP contribution in [-0.4, -0.2) is 24.5 Å². The molecule has 3 heteroatoms. The molecular formula is C16H25ClN2. The van der Waals surface area contributed by atoms with Crippen molar-refractivity contribution in [2.45, 2.75) is 38.1 Å². The van der Waals surface area contributed by atoms with Crippen LogP contribution in [0.4, 0.5) is 0 Å². The molecule has 2 fully saturated rings. The molecule has 0 bridgehead atoms. The summed E-state index contributed by atoms with van der Waals surface area (Å²) in [5, 5.41) is 0. The van der Waals surface area contributed by atoms with Gasteiger partial charge in [0.2, 0.25) is 0 Å². The van der Waals surface area contributed by atoms with Gasteiger partial charge in [-0.2, -0.15) is 0 Å². The Morgan fingerprint density at radius 2 is 1.84 bits per heavy atom. The Hall–Kier alpha value is -0.570. The number of nitrogens with two attached hydrogens (primary N) is 1. The van der Waals surface area contributed by atoms with Gasteiger partial charge in [-0.05, 0) is 61.7 Å². The molecule has 106 valence electrons. The SMILES string of the molecule is Cl.NCC1CCCN(Cc2ccc(C3CC3)cc2)C1. The minimum atomic E-state index is 0. The third kappa shape index (κ3) is 3.95. The molecule has 1 saturated heterocycles. The van der Waals surface area contributed by atoms with E-state index in [-0.39, 0.29) is 12.4 Å². The fraction of sp³-hybridized carbons (Fsp3) is 0.625. The van der Waals surface area contributed by atoms with E-state index < -0.39 is 0 Å². The van der Waals surface area contributed by atoms with Crippen molar-refractivity contribution in [3.63, 3.8) is 0 Å². The van der Waals surface area contributed by atoms with Gasteiger partial charge in [-0.3, -0.25) is 4.90 Å². The summed E-state index contributed by atoms with van der Waals surface area (Å²) in [7, 11) is 0. The molecule has 0 spiro atoms. The van der Waals surface area contributed by atoms with Gasteiger partial charge in [0, 0.05) is 13.1 Å². The van der Waals surface area contributed by atoms with Crippen LogP contribution in [-0.2, 0) is 6.54 Å². The van der Waals surface area contributed by atoms with Crippen LogP contribution in [0, 0.1) is 5.92 Å². The Morgan fingerprint density at radius 3 is 2.47 bits per heavy atom. The van der Waals surface area contributed by atoms with Crippen LogP contribution in [0.1, 0.15) is 42.7 Å². The number of hydrogen-bond donors (Lipinski definition) is 1. The van der Waals surface area contributed by atoms with Gasteiger partial charge in [-0.25, -0.2) is 0 Å². The maximum atomic E-state index is 5.79. The van der Waals surface area contributed by atoms with Crippen LogP contribution in [0.2, 0.25) is 0 Å². The van der Waals surface area contributed by atoms with E-state index in [4.69, 9.17) is 5.73 Å². The van der Waals surface area contributed by atoms with Crippen LogP contribution in [0.3, 0.4) is 0 Å². The lowest BCUT2D eigenvalue weighted by molar-refractivity contribution is 0.171. The summed E-state index contributed by atoms with van der Waals surface area (Å²) in [5.41, 5.74) is 8.79. The lowest BCUT2D eigenvalue weighted by Gasteiger charge is -2.32. The zero-order chi connectivity index (χ0) is 12.4. The Labute approximate surface area is 122 Å². The van der Waals surface area contributed by atoms with Gasteiger partial charge in [-0.15, -0.1) is 12.4 Å². The number of likely N-dealkylation sites (tertiary alicyclic amines) is 1. The number of benzene rings is 1. The third-order valence-electron chi connectivity index (χ3n) is 4.37. The molecule has 2 N–H and O–H groups in total. The van der Waals surface area contributed by atoms with Gasteiger partial charge in [0.15, 0.2) is 0 Å². The molecule has 2 aliphatic rings. The first-order valence-corrected chi connectivity index (χ1v) is 7.36. The first-order valence-electron chi connectivity index (χ1n) is 7.36. The van der Waals surface area contributed by atoms with Crippen LogP contribution in [0.5, 0.6) is 0 Å². The van der Waals surface area contributed by atoms with Gasteiger partial charge in [-0.1, -0.05) is 24.3 Å². The van der Waals surface area contributed by atoms with Crippen LogP contribution >= 0.6 is 12.4 Å². The number of piperidine rings is 1. The summed E-state index contributed by atoms with van der Waals surface area (Å²) in [5.74, 6) is 1.58. The van der Waals surface area contributed by atoms with E-state index in [9.17, 15) is 0 Å². The second-order valence-electron chi connectivity index (χ2n) is 5.99.